The summed E-state index contributed by atoms with van der Waals surface area (Å²) in [6, 6.07) is 15.6. The number of para-hydroxylation sites is 1. The lowest BCUT2D eigenvalue weighted by atomic mass is 9.88. The van der Waals surface area contributed by atoms with Crippen LogP contribution in [0, 0.1) is 5.82 Å². The molecule has 0 radical (unpaired) electrons. The second kappa shape index (κ2) is 11.7. The molecule has 3 aliphatic rings. The highest BCUT2D eigenvalue weighted by Gasteiger charge is 2.43. The summed E-state index contributed by atoms with van der Waals surface area (Å²) in [7, 11) is 0. The summed E-state index contributed by atoms with van der Waals surface area (Å²) in [6.07, 6.45) is -1.83. The Labute approximate surface area is 277 Å². The fraction of sp³-hybridized carbons (Fsp3) is 0.382. The fourth-order valence-electron chi connectivity index (χ4n) is 6.84. The number of hydrogen-bond acceptors (Lipinski definition) is 7. The van der Waals surface area contributed by atoms with Crippen molar-refractivity contribution in [2.75, 3.05) is 19.7 Å². The third kappa shape index (κ3) is 5.67. The van der Waals surface area contributed by atoms with Gasteiger partial charge in [-0.25, -0.2) is 9.37 Å². The van der Waals surface area contributed by atoms with Crippen LogP contribution in [-0.2, 0) is 29.8 Å². The molecule has 0 bridgehead atoms. The summed E-state index contributed by atoms with van der Waals surface area (Å²) in [4.78, 5) is 9.58. The summed E-state index contributed by atoms with van der Waals surface area (Å²) in [5.41, 5.74) is 3.33. The maximum Gasteiger partial charge on any atom is 0.451 e. The topological polar surface area (TPSA) is 90.3 Å². The molecule has 250 valence electrons. The summed E-state index contributed by atoms with van der Waals surface area (Å²) in [5.74, 6) is -0.618. The normalized spacial score (nSPS) is 21.6. The van der Waals surface area contributed by atoms with E-state index in [-0.39, 0.29) is 23.4 Å². The Kier molecular flexibility index (Phi) is 7.61. The number of benzene rings is 3. The minimum absolute atomic E-state index is 0.0325. The first-order valence-electron chi connectivity index (χ1n) is 15.8. The van der Waals surface area contributed by atoms with E-state index in [1.807, 2.05) is 24.3 Å². The standard InChI is InChI=1S/C34H31ClF4N6O3/c1-33(24-7-6-21(35)16-25(24)36)47-28-4-2-3-23(30(28)48-33)19-9-12-44(13-10-19)18-29-40-26-15-20(31-41-32(43-42-31)34(37,38)39)5-8-27(26)45(29)17-22-11-14-46-22/h2-8,15-16,19,22H,9-14,17-18H2,1H3,(H,41,42,43)/t22-,33?/m0/s1. The number of nitrogens with zero attached hydrogens (tertiary/aromatic N) is 5. The quantitative estimate of drug-likeness (QED) is 0.179. The highest BCUT2D eigenvalue weighted by atomic mass is 35.5. The van der Waals surface area contributed by atoms with E-state index >= 15 is 0 Å². The Balaban J connectivity index is 0.998. The Morgan fingerprint density at radius 3 is 2.54 bits per heavy atom. The average Bonchev–Trinajstić information content (AvgIpc) is 3.74. The van der Waals surface area contributed by atoms with Crippen molar-refractivity contribution in [1.82, 2.24) is 29.6 Å². The summed E-state index contributed by atoms with van der Waals surface area (Å²) in [5, 5.41) is 7.27. The second-order valence-corrected chi connectivity index (χ2v) is 13.1. The molecular formula is C34H31ClF4N6O3. The largest absolute Gasteiger partial charge is 0.451 e. The molecule has 3 aromatic carbocycles. The lowest BCUT2D eigenvalue weighted by Gasteiger charge is -2.33. The van der Waals surface area contributed by atoms with E-state index in [1.54, 1.807) is 31.2 Å². The smallest absolute Gasteiger partial charge is 0.444 e. The third-order valence-electron chi connectivity index (χ3n) is 9.46. The Bertz CT molecular complexity index is 2000. The zero-order valence-corrected chi connectivity index (χ0v) is 26.6. The molecule has 2 fully saturated rings. The molecule has 1 unspecified atom stereocenters. The minimum Gasteiger partial charge on any atom is -0.444 e. The van der Waals surface area contributed by atoms with Gasteiger partial charge in [-0.05, 0) is 80.7 Å². The van der Waals surface area contributed by atoms with Gasteiger partial charge in [-0.3, -0.25) is 4.90 Å². The van der Waals surface area contributed by atoms with Gasteiger partial charge in [0, 0.05) is 29.7 Å². The van der Waals surface area contributed by atoms with Gasteiger partial charge < -0.3 is 23.8 Å². The first kappa shape index (κ1) is 31.1. The van der Waals surface area contributed by atoms with Gasteiger partial charge in [0.05, 0.1) is 35.8 Å². The van der Waals surface area contributed by atoms with Crippen molar-refractivity contribution >= 4 is 22.6 Å². The lowest BCUT2D eigenvalue weighted by molar-refractivity contribution is -0.144. The molecule has 0 aliphatic carbocycles. The molecule has 9 nitrogen and oxygen atoms in total. The van der Waals surface area contributed by atoms with Gasteiger partial charge in [-0.15, -0.1) is 10.2 Å². The number of H-pyrrole nitrogens is 1. The monoisotopic (exact) mass is 682 g/mol. The van der Waals surface area contributed by atoms with Crippen molar-refractivity contribution in [3.8, 4) is 22.9 Å². The molecule has 0 saturated carbocycles. The van der Waals surface area contributed by atoms with Crippen LogP contribution in [0.15, 0.2) is 54.6 Å². The van der Waals surface area contributed by atoms with Crippen molar-refractivity contribution in [2.24, 2.45) is 0 Å². The van der Waals surface area contributed by atoms with Gasteiger partial charge in [-0.1, -0.05) is 23.7 Å². The molecule has 5 heterocycles. The van der Waals surface area contributed by atoms with E-state index in [4.69, 9.17) is 30.8 Å². The highest BCUT2D eigenvalue weighted by molar-refractivity contribution is 6.30. The van der Waals surface area contributed by atoms with Gasteiger partial charge in [-0.2, -0.15) is 13.2 Å². The Hall–Kier alpha value is -4.20. The SMILES string of the molecule is CC1(c2ccc(Cl)cc2F)Oc2cccc(C3CCN(Cc4nc5cc(-c6nnc(C(F)(F)F)[nH]6)ccc5n4C[C@@H]4CCO4)CC3)c2O1. The Morgan fingerprint density at radius 2 is 1.83 bits per heavy atom. The van der Waals surface area contributed by atoms with E-state index in [1.165, 1.54) is 6.07 Å². The summed E-state index contributed by atoms with van der Waals surface area (Å²) < 4.78 is 74.6. The number of alkyl halides is 3. The number of rotatable bonds is 7. The molecule has 0 amide bonds. The van der Waals surface area contributed by atoms with E-state index in [2.05, 4.69) is 24.6 Å². The molecule has 14 heteroatoms. The molecule has 8 rings (SSSR count). The van der Waals surface area contributed by atoms with Crippen molar-refractivity contribution < 1.29 is 31.8 Å². The predicted octanol–water partition coefficient (Wildman–Crippen LogP) is 7.45. The first-order chi connectivity index (χ1) is 23.0. The van der Waals surface area contributed by atoms with Crippen LogP contribution < -0.4 is 9.47 Å². The number of imidazole rings is 1. The van der Waals surface area contributed by atoms with E-state index in [0.717, 1.165) is 55.9 Å². The van der Waals surface area contributed by atoms with Gasteiger partial charge in [0.2, 0.25) is 5.82 Å². The number of hydrogen-bond donors (Lipinski definition) is 1. The van der Waals surface area contributed by atoms with Crippen LogP contribution in [0.1, 0.15) is 54.9 Å². The predicted molar refractivity (Wildman–Crippen MR) is 168 cm³/mol. The van der Waals surface area contributed by atoms with Crippen LogP contribution in [0.5, 0.6) is 11.5 Å². The number of ether oxygens (including phenoxy) is 3. The van der Waals surface area contributed by atoms with Crippen LogP contribution in [0.2, 0.25) is 5.02 Å². The van der Waals surface area contributed by atoms with E-state index < -0.39 is 23.6 Å². The molecule has 3 aliphatic heterocycles. The van der Waals surface area contributed by atoms with Crippen LogP contribution in [-0.4, -0.2) is 55.4 Å². The minimum atomic E-state index is -4.61. The number of aromatic amines is 1. The molecule has 5 aromatic rings. The van der Waals surface area contributed by atoms with E-state index in [0.29, 0.717) is 40.7 Å². The lowest BCUT2D eigenvalue weighted by Crippen LogP contribution is -2.35. The number of nitrogens with one attached hydrogen (secondary N) is 1. The van der Waals surface area contributed by atoms with Gasteiger partial charge in [0.25, 0.3) is 5.79 Å². The third-order valence-corrected chi connectivity index (χ3v) is 9.69. The van der Waals surface area contributed by atoms with Crippen LogP contribution in [0.25, 0.3) is 22.4 Å². The maximum atomic E-state index is 14.9. The Morgan fingerprint density at radius 1 is 1.02 bits per heavy atom. The number of piperidine rings is 1. The van der Waals surface area contributed by atoms with Crippen molar-refractivity contribution in [3.05, 3.63) is 88.2 Å². The average molecular weight is 683 g/mol. The molecule has 1 N–H and O–H groups in total. The zero-order valence-electron chi connectivity index (χ0n) is 25.9. The molecule has 48 heavy (non-hydrogen) atoms. The van der Waals surface area contributed by atoms with Crippen molar-refractivity contribution in [2.45, 2.75) is 63.3 Å². The van der Waals surface area contributed by atoms with Crippen molar-refractivity contribution in [3.63, 3.8) is 0 Å². The number of halogens is 5. The summed E-state index contributed by atoms with van der Waals surface area (Å²) >= 11 is 5.98. The molecule has 2 saturated heterocycles. The summed E-state index contributed by atoms with van der Waals surface area (Å²) in [6.45, 7) is 5.30. The molecule has 2 atom stereocenters. The van der Waals surface area contributed by atoms with Crippen molar-refractivity contribution in [1.29, 1.82) is 0 Å². The number of fused-ring (bicyclic) bond motifs is 2. The number of likely N-dealkylation sites (tertiary alicyclic amines) is 1. The second-order valence-electron chi connectivity index (χ2n) is 12.6. The van der Waals surface area contributed by atoms with E-state index in [9.17, 15) is 17.6 Å². The van der Waals surface area contributed by atoms with Gasteiger partial charge in [0.15, 0.2) is 17.3 Å². The fourth-order valence-corrected chi connectivity index (χ4v) is 7.00. The number of aromatic nitrogens is 5. The molecular weight excluding hydrogens is 652 g/mol. The van der Waals surface area contributed by atoms with Crippen LogP contribution in [0.4, 0.5) is 17.6 Å². The first-order valence-corrected chi connectivity index (χ1v) is 16.2. The van der Waals surface area contributed by atoms with Crippen LogP contribution >= 0.6 is 11.6 Å². The highest BCUT2D eigenvalue weighted by Crippen LogP contribution is 2.50. The molecule has 2 aromatic heterocycles. The maximum absolute atomic E-state index is 14.9. The molecule has 0 spiro atoms. The van der Waals surface area contributed by atoms with Gasteiger partial charge >= 0.3 is 6.18 Å². The zero-order chi connectivity index (χ0) is 33.2. The van der Waals surface area contributed by atoms with Crippen LogP contribution in [0.3, 0.4) is 0 Å². The van der Waals surface area contributed by atoms with Gasteiger partial charge in [0.1, 0.15) is 11.6 Å².